The van der Waals surface area contributed by atoms with E-state index in [9.17, 15) is 22.4 Å². The Morgan fingerprint density at radius 2 is 1.84 bits per heavy atom. The van der Waals surface area contributed by atoms with Gasteiger partial charge in [-0.05, 0) is 42.2 Å². The first-order valence-corrected chi connectivity index (χ1v) is 9.81. The number of halogens is 4. The summed E-state index contributed by atoms with van der Waals surface area (Å²) in [6, 6.07) is 7.49. The van der Waals surface area contributed by atoms with Gasteiger partial charge >= 0.3 is 6.18 Å². The Balaban J connectivity index is 1.73. The van der Waals surface area contributed by atoms with Gasteiger partial charge in [-0.1, -0.05) is 26.0 Å². The number of carbonyl (C=O) groups is 1. The smallest absolute Gasteiger partial charge is 0.320 e. The number of aromatic nitrogens is 3. The average molecular weight is 432 g/mol. The summed E-state index contributed by atoms with van der Waals surface area (Å²) in [5, 5.41) is 7.15. The molecule has 1 amide bonds. The Hall–Kier alpha value is -3.23. The fourth-order valence-corrected chi connectivity index (χ4v) is 3.83. The van der Waals surface area contributed by atoms with Gasteiger partial charge in [0.25, 0.3) is 5.91 Å². The van der Waals surface area contributed by atoms with Crippen LogP contribution in [-0.4, -0.2) is 26.0 Å². The second-order valence-corrected chi connectivity index (χ2v) is 7.99. The summed E-state index contributed by atoms with van der Waals surface area (Å²) in [6.07, 6.45) is -3.06. The molecule has 3 aromatic rings. The number of alkyl halides is 3. The molecule has 0 aliphatic carbocycles. The van der Waals surface area contributed by atoms with Crippen LogP contribution in [0.25, 0.3) is 0 Å². The maximum Gasteiger partial charge on any atom is 0.417 e. The van der Waals surface area contributed by atoms with Crippen LogP contribution >= 0.6 is 0 Å². The fraction of sp³-hybridized carbons (Fsp3) is 0.318. The molecule has 4 rings (SSSR count). The minimum atomic E-state index is -4.49. The van der Waals surface area contributed by atoms with E-state index >= 15 is 0 Å². The van der Waals surface area contributed by atoms with Crippen molar-refractivity contribution in [3.05, 3.63) is 82.2 Å². The summed E-state index contributed by atoms with van der Waals surface area (Å²) in [5.41, 5.74) is 1.95. The number of H-pyrrole nitrogens is 1. The lowest BCUT2D eigenvalue weighted by Crippen LogP contribution is -2.29. The van der Waals surface area contributed by atoms with Gasteiger partial charge in [0.15, 0.2) is 5.69 Å². The Kier molecular flexibility index (Phi) is 5.28. The molecule has 1 aliphatic heterocycles. The predicted molar refractivity (Wildman–Crippen MR) is 104 cm³/mol. The van der Waals surface area contributed by atoms with Gasteiger partial charge in [-0.15, -0.1) is 0 Å². The molecule has 9 heteroatoms. The van der Waals surface area contributed by atoms with Crippen LogP contribution in [0.5, 0.6) is 0 Å². The van der Waals surface area contributed by atoms with Crippen LogP contribution in [0.3, 0.4) is 0 Å². The first-order valence-electron chi connectivity index (χ1n) is 9.81. The van der Waals surface area contributed by atoms with Gasteiger partial charge in [-0.25, -0.2) is 4.39 Å². The molecule has 0 radical (unpaired) electrons. The van der Waals surface area contributed by atoms with Gasteiger partial charge in [-0.2, -0.15) is 18.3 Å². The van der Waals surface area contributed by atoms with E-state index in [0.717, 1.165) is 23.5 Å². The van der Waals surface area contributed by atoms with Gasteiger partial charge in [0.2, 0.25) is 0 Å². The van der Waals surface area contributed by atoms with E-state index in [1.807, 2.05) is 13.8 Å². The molecule has 1 aromatic carbocycles. The summed E-state index contributed by atoms with van der Waals surface area (Å²) in [6.45, 7) is 4.08. The second-order valence-electron chi connectivity index (χ2n) is 7.99. The number of carbonyl (C=O) groups excluding carboxylic acids is 1. The molecule has 0 saturated heterocycles. The summed E-state index contributed by atoms with van der Waals surface area (Å²) in [7, 11) is 0. The maximum absolute atomic E-state index is 13.5. The zero-order chi connectivity index (χ0) is 22.3. The zero-order valence-electron chi connectivity index (χ0n) is 16.9. The largest absolute Gasteiger partial charge is 0.417 e. The number of rotatable bonds is 5. The topological polar surface area (TPSA) is 61.9 Å². The standard InChI is InChI=1S/C22H20F4N4O/c1-12(2)9-17-18-19(29-28-17)21(31)30(20(18)13-3-6-15(23)7-4-13)11-16-8-5-14(10-27-16)22(24,25)26/h3-8,10,12,20H,9,11H2,1-2H3,(H,28,29). The lowest BCUT2D eigenvalue weighted by atomic mass is 9.95. The molecule has 31 heavy (non-hydrogen) atoms. The molecule has 5 nitrogen and oxygen atoms in total. The monoisotopic (exact) mass is 432 g/mol. The first-order chi connectivity index (χ1) is 14.6. The van der Waals surface area contributed by atoms with Crippen molar-refractivity contribution in [3.63, 3.8) is 0 Å². The number of nitrogens with one attached hydrogen (secondary N) is 1. The Morgan fingerprint density at radius 1 is 1.13 bits per heavy atom. The molecule has 1 unspecified atom stereocenters. The van der Waals surface area contributed by atoms with Crippen LogP contribution in [-0.2, 0) is 19.1 Å². The van der Waals surface area contributed by atoms with Gasteiger partial charge < -0.3 is 4.90 Å². The van der Waals surface area contributed by atoms with Gasteiger partial charge in [-0.3, -0.25) is 14.9 Å². The molecule has 2 aromatic heterocycles. The fourth-order valence-electron chi connectivity index (χ4n) is 3.83. The van der Waals surface area contributed by atoms with Crippen molar-refractivity contribution in [2.75, 3.05) is 0 Å². The molecule has 3 heterocycles. The van der Waals surface area contributed by atoms with E-state index in [1.54, 1.807) is 12.1 Å². The van der Waals surface area contributed by atoms with Crippen LogP contribution in [0.4, 0.5) is 17.6 Å². The molecule has 0 spiro atoms. The van der Waals surface area contributed by atoms with Crippen LogP contribution in [0, 0.1) is 11.7 Å². The predicted octanol–water partition coefficient (Wildman–Crippen LogP) is 4.91. The van der Waals surface area contributed by atoms with Gasteiger partial charge in [0.1, 0.15) is 5.82 Å². The van der Waals surface area contributed by atoms with E-state index in [0.29, 0.717) is 23.6 Å². The Bertz CT molecular complexity index is 1090. The number of aromatic amines is 1. The number of nitrogens with zero attached hydrogens (tertiary/aromatic N) is 3. The first kappa shape index (κ1) is 21.0. The molecule has 0 bridgehead atoms. The van der Waals surface area contributed by atoms with Crippen LogP contribution < -0.4 is 0 Å². The molecule has 1 atom stereocenters. The minimum Gasteiger partial charge on any atom is -0.320 e. The minimum absolute atomic E-state index is 0.00348. The van der Waals surface area contributed by atoms with E-state index in [-0.39, 0.29) is 18.1 Å². The molecular formula is C22H20F4N4O. The molecule has 0 saturated carbocycles. The van der Waals surface area contributed by atoms with Crippen molar-refractivity contribution in [2.45, 2.75) is 39.0 Å². The highest BCUT2D eigenvalue weighted by molar-refractivity contribution is 5.98. The third-order valence-corrected chi connectivity index (χ3v) is 5.21. The highest BCUT2D eigenvalue weighted by atomic mass is 19.4. The summed E-state index contributed by atoms with van der Waals surface area (Å²) >= 11 is 0. The normalized spacial score (nSPS) is 16.3. The molecular weight excluding hydrogens is 412 g/mol. The number of benzene rings is 1. The third-order valence-electron chi connectivity index (χ3n) is 5.21. The lowest BCUT2D eigenvalue weighted by molar-refractivity contribution is -0.137. The third kappa shape index (κ3) is 4.04. The quantitative estimate of drug-likeness (QED) is 0.583. The molecule has 0 fully saturated rings. The van der Waals surface area contributed by atoms with Crippen molar-refractivity contribution in [2.24, 2.45) is 5.92 Å². The summed E-state index contributed by atoms with van der Waals surface area (Å²) in [5.74, 6) is -0.449. The highest BCUT2D eigenvalue weighted by Crippen LogP contribution is 2.41. The number of fused-ring (bicyclic) bond motifs is 1. The molecule has 162 valence electrons. The van der Waals surface area contributed by atoms with Gasteiger partial charge in [0, 0.05) is 17.5 Å². The zero-order valence-corrected chi connectivity index (χ0v) is 16.9. The van der Waals surface area contributed by atoms with E-state index in [1.165, 1.54) is 23.1 Å². The van der Waals surface area contributed by atoms with E-state index in [4.69, 9.17) is 0 Å². The van der Waals surface area contributed by atoms with E-state index < -0.39 is 23.6 Å². The van der Waals surface area contributed by atoms with Crippen molar-refractivity contribution >= 4 is 5.91 Å². The number of amides is 1. The number of hydrogen-bond donors (Lipinski definition) is 1. The Labute approximate surface area is 176 Å². The lowest BCUT2D eigenvalue weighted by Gasteiger charge is -2.26. The average Bonchev–Trinajstić information content (AvgIpc) is 3.22. The van der Waals surface area contributed by atoms with Crippen LogP contribution in [0.15, 0.2) is 42.6 Å². The number of pyridine rings is 1. The summed E-state index contributed by atoms with van der Waals surface area (Å²) in [4.78, 5) is 18.6. The van der Waals surface area contributed by atoms with Crippen molar-refractivity contribution < 1.29 is 22.4 Å². The van der Waals surface area contributed by atoms with Crippen LogP contribution in [0.2, 0.25) is 0 Å². The van der Waals surface area contributed by atoms with Crippen LogP contribution in [0.1, 0.15) is 58.5 Å². The van der Waals surface area contributed by atoms with Crippen molar-refractivity contribution in [3.8, 4) is 0 Å². The second kappa shape index (κ2) is 7.79. The SMILES string of the molecule is CC(C)Cc1[nH]nc2c1C(c1ccc(F)cc1)N(Cc1ccc(C(F)(F)F)cn1)C2=O. The Morgan fingerprint density at radius 3 is 2.42 bits per heavy atom. The van der Waals surface area contributed by atoms with E-state index in [2.05, 4.69) is 15.2 Å². The summed E-state index contributed by atoms with van der Waals surface area (Å²) < 4.78 is 52.0. The molecule has 1 aliphatic rings. The maximum atomic E-state index is 13.5. The highest BCUT2D eigenvalue weighted by Gasteiger charge is 2.42. The van der Waals surface area contributed by atoms with Crippen molar-refractivity contribution in [1.29, 1.82) is 0 Å². The molecule has 1 N–H and O–H groups in total. The number of hydrogen-bond acceptors (Lipinski definition) is 3. The van der Waals surface area contributed by atoms with Gasteiger partial charge in [0.05, 0.1) is 23.8 Å². The van der Waals surface area contributed by atoms with Crippen molar-refractivity contribution in [1.82, 2.24) is 20.1 Å².